The van der Waals surface area contributed by atoms with Crippen LogP contribution >= 0.6 is 0 Å². The first kappa shape index (κ1) is 30.3. The molecule has 0 aromatic heterocycles. The predicted molar refractivity (Wildman–Crippen MR) is 147 cm³/mol. The van der Waals surface area contributed by atoms with Gasteiger partial charge in [0.2, 0.25) is 18.2 Å². The minimum absolute atomic E-state index is 0.0151. The van der Waals surface area contributed by atoms with Gasteiger partial charge in [-0.1, -0.05) is 12.5 Å². The minimum atomic E-state index is -3.00. The van der Waals surface area contributed by atoms with Crippen molar-refractivity contribution in [1.29, 1.82) is 0 Å². The molecule has 222 valence electrons. The number of aldehydes is 1. The summed E-state index contributed by atoms with van der Waals surface area (Å²) in [6.07, 6.45) is 7.22. The first-order chi connectivity index (χ1) is 19.6. The van der Waals surface area contributed by atoms with Crippen molar-refractivity contribution in [3.63, 3.8) is 0 Å². The number of anilines is 1. The summed E-state index contributed by atoms with van der Waals surface area (Å²) in [4.78, 5) is 53.3. The molecule has 0 bridgehead atoms. The fourth-order valence-corrected chi connectivity index (χ4v) is 5.75. The van der Waals surface area contributed by atoms with E-state index in [4.69, 9.17) is 5.73 Å². The molecule has 3 unspecified atom stereocenters. The average molecular weight is 576 g/mol. The lowest BCUT2D eigenvalue weighted by atomic mass is 9.81. The Bertz CT molecular complexity index is 1210. The first-order valence-electron chi connectivity index (χ1n) is 14.0. The van der Waals surface area contributed by atoms with Gasteiger partial charge in [-0.25, -0.2) is 13.2 Å². The largest absolute Gasteiger partial charge is 0.405 e. The molecule has 0 spiro atoms. The van der Waals surface area contributed by atoms with Crippen LogP contribution in [0.5, 0.6) is 0 Å². The zero-order valence-corrected chi connectivity index (χ0v) is 22.7. The zero-order chi connectivity index (χ0) is 29.6. The highest BCUT2D eigenvalue weighted by molar-refractivity contribution is 6.43. The second-order valence-electron chi connectivity index (χ2n) is 11.3. The second-order valence-corrected chi connectivity index (χ2v) is 11.3. The molecular weight excluding hydrogens is 539 g/mol. The molecule has 0 aliphatic heterocycles. The third-order valence-electron chi connectivity index (χ3n) is 8.52. The van der Waals surface area contributed by atoms with Crippen LogP contribution in [0.1, 0.15) is 63.4 Å². The van der Waals surface area contributed by atoms with Crippen molar-refractivity contribution in [2.24, 2.45) is 22.6 Å². The topological polar surface area (TPSA) is 143 Å². The average Bonchev–Trinajstić information content (AvgIpc) is 3.71. The van der Waals surface area contributed by atoms with Gasteiger partial charge < -0.3 is 26.5 Å². The van der Waals surface area contributed by atoms with E-state index in [1.807, 2.05) is 0 Å². The smallest absolute Gasteiger partial charge is 0.270 e. The Morgan fingerprint density at radius 2 is 1.88 bits per heavy atom. The van der Waals surface area contributed by atoms with E-state index in [1.165, 1.54) is 18.2 Å². The molecule has 3 fully saturated rings. The molecule has 41 heavy (non-hydrogen) atoms. The van der Waals surface area contributed by atoms with Gasteiger partial charge in [0.25, 0.3) is 5.91 Å². The molecule has 3 atom stereocenters. The maximum absolute atomic E-state index is 15.2. The fraction of sp³-hybridized carbons (Fsp3) is 0.552. The number of alkyl halides is 2. The lowest BCUT2D eigenvalue weighted by Crippen LogP contribution is -2.52. The Labute approximate surface area is 236 Å². The number of carbonyl (C=O) groups excluding carboxylic acids is 4. The van der Waals surface area contributed by atoms with Crippen LogP contribution in [0.4, 0.5) is 18.9 Å². The van der Waals surface area contributed by atoms with Crippen LogP contribution in [0, 0.1) is 17.7 Å². The normalized spacial score (nSPS) is 23.1. The molecule has 3 aliphatic carbocycles. The first-order valence-corrected chi connectivity index (χ1v) is 14.0. The summed E-state index contributed by atoms with van der Waals surface area (Å²) in [6.45, 7) is 0.415. The van der Waals surface area contributed by atoms with Crippen molar-refractivity contribution in [2.45, 2.75) is 81.2 Å². The Kier molecular flexibility index (Phi) is 9.49. The molecule has 3 saturated carbocycles. The summed E-state index contributed by atoms with van der Waals surface area (Å²) in [6, 6.07) is 1.86. The summed E-state index contributed by atoms with van der Waals surface area (Å²) < 4.78 is 43.9. The van der Waals surface area contributed by atoms with Gasteiger partial charge in [0.05, 0.1) is 11.7 Å². The Balaban J connectivity index is 1.54. The number of carbonyl (C=O) groups is 4. The number of amides is 3. The Morgan fingerprint density at radius 1 is 1.12 bits per heavy atom. The van der Waals surface area contributed by atoms with Crippen LogP contribution in [0.3, 0.4) is 0 Å². The van der Waals surface area contributed by atoms with Crippen LogP contribution in [0.15, 0.2) is 35.5 Å². The highest BCUT2D eigenvalue weighted by atomic mass is 19.3. The molecule has 1 aromatic rings. The highest BCUT2D eigenvalue weighted by Crippen LogP contribution is 2.51. The number of aliphatic imine (C=N–C) groups is 1. The maximum atomic E-state index is 15.2. The third-order valence-corrected chi connectivity index (χ3v) is 8.52. The van der Waals surface area contributed by atoms with Crippen LogP contribution in [0.25, 0.3) is 0 Å². The lowest BCUT2D eigenvalue weighted by molar-refractivity contribution is -0.127. The standard InChI is InChI=1S/C29H36F3N5O4/c30-21-13-20(28(10-11-28)24(16-38)35-17-39)6-7-22(21)36-27(41)25(19-5-2-9-29(31,32)14-19)37-26(40)23(8-12-33)34-15-18-3-1-4-18/h6-8,12-13,16-19,24-25H,1-5,9-11,14-15,33H2,(H,35,39)(H,36,41)(H,37,40)/b12-8-,34-23?. The van der Waals surface area contributed by atoms with Crippen LogP contribution < -0.4 is 21.7 Å². The summed E-state index contributed by atoms with van der Waals surface area (Å²) in [5, 5.41) is 7.47. The van der Waals surface area contributed by atoms with Gasteiger partial charge in [0, 0.05) is 24.8 Å². The van der Waals surface area contributed by atoms with Crippen LogP contribution in [0.2, 0.25) is 0 Å². The molecule has 0 radical (unpaired) electrons. The highest BCUT2D eigenvalue weighted by Gasteiger charge is 2.51. The molecule has 1 aromatic carbocycles. The predicted octanol–water partition coefficient (Wildman–Crippen LogP) is 3.13. The van der Waals surface area contributed by atoms with Gasteiger partial charge in [-0.2, -0.15) is 0 Å². The van der Waals surface area contributed by atoms with Crippen molar-refractivity contribution in [1.82, 2.24) is 10.6 Å². The van der Waals surface area contributed by atoms with E-state index in [0.29, 0.717) is 43.6 Å². The third kappa shape index (κ3) is 7.15. The molecular formula is C29H36F3N5O4. The maximum Gasteiger partial charge on any atom is 0.270 e. The van der Waals surface area contributed by atoms with E-state index in [0.717, 1.165) is 25.5 Å². The minimum Gasteiger partial charge on any atom is -0.405 e. The van der Waals surface area contributed by atoms with Crippen LogP contribution in [-0.2, 0) is 24.6 Å². The summed E-state index contributed by atoms with van der Waals surface area (Å²) in [5.41, 5.74) is 5.03. The Morgan fingerprint density at radius 3 is 2.44 bits per heavy atom. The summed E-state index contributed by atoms with van der Waals surface area (Å²) in [7, 11) is 0. The van der Waals surface area contributed by atoms with Crippen LogP contribution in [-0.4, -0.2) is 54.8 Å². The van der Waals surface area contributed by atoms with Gasteiger partial charge in [-0.3, -0.25) is 19.4 Å². The van der Waals surface area contributed by atoms with E-state index >= 15 is 4.39 Å². The van der Waals surface area contributed by atoms with E-state index in [1.54, 1.807) is 6.07 Å². The molecule has 0 heterocycles. The number of benzene rings is 1. The van der Waals surface area contributed by atoms with Gasteiger partial charge in [-0.15, -0.1) is 0 Å². The van der Waals surface area contributed by atoms with Gasteiger partial charge in [0.15, 0.2) is 0 Å². The van der Waals surface area contributed by atoms with Gasteiger partial charge >= 0.3 is 0 Å². The lowest BCUT2D eigenvalue weighted by Gasteiger charge is -2.34. The van der Waals surface area contributed by atoms with Crippen molar-refractivity contribution in [3.05, 3.63) is 41.9 Å². The summed E-state index contributed by atoms with van der Waals surface area (Å²) >= 11 is 0. The fourth-order valence-electron chi connectivity index (χ4n) is 5.75. The number of hydrogen-bond donors (Lipinski definition) is 4. The van der Waals surface area contributed by atoms with Crippen molar-refractivity contribution < 1.29 is 32.3 Å². The quantitative estimate of drug-likeness (QED) is 0.211. The number of hydrogen-bond acceptors (Lipinski definition) is 6. The molecule has 5 N–H and O–H groups in total. The van der Waals surface area contributed by atoms with Gasteiger partial charge in [0.1, 0.15) is 23.9 Å². The number of nitrogens with zero attached hydrogens (tertiary/aromatic N) is 1. The van der Waals surface area contributed by atoms with Crippen molar-refractivity contribution in [2.75, 3.05) is 11.9 Å². The van der Waals surface area contributed by atoms with E-state index in [-0.39, 0.29) is 30.7 Å². The van der Waals surface area contributed by atoms with E-state index in [2.05, 4.69) is 20.9 Å². The monoisotopic (exact) mass is 575 g/mol. The molecule has 3 amide bonds. The second kappa shape index (κ2) is 12.9. The van der Waals surface area contributed by atoms with Crippen molar-refractivity contribution in [3.8, 4) is 0 Å². The van der Waals surface area contributed by atoms with E-state index < -0.39 is 53.4 Å². The van der Waals surface area contributed by atoms with Crippen molar-refractivity contribution >= 4 is 35.9 Å². The molecule has 0 saturated heterocycles. The molecule has 9 nitrogen and oxygen atoms in total. The summed E-state index contributed by atoms with van der Waals surface area (Å²) in [5.74, 6) is -5.90. The molecule has 4 rings (SSSR count). The van der Waals surface area contributed by atoms with E-state index in [9.17, 15) is 28.0 Å². The zero-order valence-electron chi connectivity index (χ0n) is 22.7. The molecule has 12 heteroatoms. The van der Waals surface area contributed by atoms with Gasteiger partial charge in [-0.05, 0) is 80.3 Å². The number of halogens is 3. The SMILES string of the molecule is N/C=C\C(=NCC1CCC1)C(=O)NC(C(=O)Nc1ccc(C2(C(C=O)NC=O)CC2)cc1F)C1CCCC(F)(F)C1. The number of rotatable bonds is 13. The molecule has 3 aliphatic rings. The Hall–Kier alpha value is -3.70. The number of nitrogens with two attached hydrogens (primary N) is 1. The number of nitrogens with one attached hydrogen (secondary N) is 3.